The molecule has 2 N–H and O–H groups in total. The van der Waals surface area contributed by atoms with Gasteiger partial charge in [-0.05, 0) is 37.1 Å². The van der Waals surface area contributed by atoms with Gasteiger partial charge in [0.05, 0.1) is 4.90 Å². The Labute approximate surface area is 103 Å². The Balaban J connectivity index is 3.15. The summed E-state index contributed by atoms with van der Waals surface area (Å²) in [6.07, 6.45) is 0.807. The van der Waals surface area contributed by atoms with Crippen LogP contribution in [0.4, 0.5) is 5.69 Å². The maximum absolute atomic E-state index is 12.3. The molecule has 0 heterocycles. The zero-order valence-corrected chi connectivity index (χ0v) is 11.4. The van der Waals surface area contributed by atoms with E-state index < -0.39 is 10.0 Å². The van der Waals surface area contributed by atoms with Crippen LogP contribution in [0, 0.1) is 6.92 Å². The van der Waals surface area contributed by atoms with Crippen molar-refractivity contribution in [3.05, 3.63) is 23.8 Å². The third-order valence-electron chi connectivity index (χ3n) is 2.70. The van der Waals surface area contributed by atoms with Crippen LogP contribution in [0.15, 0.2) is 23.1 Å². The number of sulfonamides is 1. The van der Waals surface area contributed by atoms with Gasteiger partial charge >= 0.3 is 0 Å². The summed E-state index contributed by atoms with van der Waals surface area (Å²) in [5.74, 6) is 0. The number of aryl methyl sites for hydroxylation is 1. The molecule has 0 amide bonds. The number of nitrogens with zero attached hydrogens (tertiary/aromatic N) is 1. The molecule has 0 aromatic heterocycles. The molecule has 0 aliphatic rings. The van der Waals surface area contributed by atoms with Crippen molar-refractivity contribution in [2.75, 3.05) is 18.8 Å². The smallest absolute Gasteiger partial charge is 0.243 e. The van der Waals surface area contributed by atoms with E-state index >= 15 is 0 Å². The second-order valence-corrected chi connectivity index (χ2v) is 5.95. The Kier molecular flexibility index (Phi) is 4.54. The quantitative estimate of drug-likeness (QED) is 0.819. The molecule has 1 aromatic carbocycles. The Morgan fingerprint density at radius 2 is 1.94 bits per heavy atom. The summed E-state index contributed by atoms with van der Waals surface area (Å²) < 4.78 is 26.1. The van der Waals surface area contributed by atoms with Crippen LogP contribution in [0.25, 0.3) is 0 Å². The van der Waals surface area contributed by atoms with Crippen LogP contribution in [0.3, 0.4) is 0 Å². The van der Waals surface area contributed by atoms with Crippen LogP contribution in [-0.4, -0.2) is 25.8 Å². The molecule has 0 bridgehead atoms. The van der Waals surface area contributed by atoms with E-state index in [-0.39, 0.29) is 0 Å². The van der Waals surface area contributed by atoms with E-state index in [1.54, 1.807) is 18.2 Å². The van der Waals surface area contributed by atoms with Crippen molar-refractivity contribution in [1.29, 1.82) is 0 Å². The number of nitrogens with two attached hydrogens (primary N) is 1. The molecule has 0 spiro atoms. The van der Waals surface area contributed by atoms with Crippen LogP contribution in [0.5, 0.6) is 0 Å². The molecule has 96 valence electrons. The summed E-state index contributed by atoms with van der Waals surface area (Å²) in [5.41, 5.74) is 7.09. The normalized spacial score (nSPS) is 12.0. The summed E-state index contributed by atoms with van der Waals surface area (Å²) in [4.78, 5) is 0.319. The number of hydrogen-bond acceptors (Lipinski definition) is 3. The lowest BCUT2D eigenvalue weighted by atomic mass is 10.2. The van der Waals surface area contributed by atoms with Crippen molar-refractivity contribution in [1.82, 2.24) is 4.31 Å². The first-order valence-corrected chi connectivity index (χ1v) is 7.23. The standard InChI is InChI=1S/C12H20N2O2S/c1-4-8-14(5-2)17(15,16)11-6-7-12(13)10(3)9-11/h6-7,9H,4-5,8,13H2,1-3H3. The summed E-state index contributed by atoms with van der Waals surface area (Å²) in [7, 11) is -3.37. The zero-order valence-electron chi connectivity index (χ0n) is 10.6. The first-order valence-electron chi connectivity index (χ1n) is 5.79. The molecule has 5 heteroatoms. The molecule has 1 rings (SSSR count). The highest BCUT2D eigenvalue weighted by Gasteiger charge is 2.22. The molecule has 0 aliphatic heterocycles. The van der Waals surface area contributed by atoms with Gasteiger partial charge in [0.25, 0.3) is 0 Å². The van der Waals surface area contributed by atoms with E-state index in [2.05, 4.69) is 0 Å². The van der Waals surface area contributed by atoms with Crippen molar-refractivity contribution in [2.24, 2.45) is 0 Å². The van der Waals surface area contributed by atoms with Gasteiger partial charge < -0.3 is 5.73 Å². The Bertz CT molecular complexity index is 483. The third kappa shape index (κ3) is 2.98. The van der Waals surface area contributed by atoms with Crippen molar-refractivity contribution >= 4 is 15.7 Å². The highest BCUT2D eigenvalue weighted by molar-refractivity contribution is 7.89. The lowest BCUT2D eigenvalue weighted by Crippen LogP contribution is -2.31. The maximum atomic E-state index is 12.3. The minimum absolute atomic E-state index is 0.319. The topological polar surface area (TPSA) is 63.4 Å². The average molecular weight is 256 g/mol. The SMILES string of the molecule is CCCN(CC)S(=O)(=O)c1ccc(N)c(C)c1. The summed E-state index contributed by atoms with van der Waals surface area (Å²) in [6.45, 7) is 6.65. The predicted molar refractivity (Wildman–Crippen MR) is 70.3 cm³/mol. The summed E-state index contributed by atoms with van der Waals surface area (Å²) >= 11 is 0. The average Bonchev–Trinajstić information content (AvgIpc) is 2.29. The fourth-order valence-corrected chi connectivity index (χ4v) is 3.28. The minimum atomic E-state index is -3.37. The largest absolute Gasteiger partial charge is 0.399 e. The molecule has 0 fully saturated rings. The van der Waals surface area contributed by atoms with Crippen LogP contribution in [-0.2, 0) is 10.0 Å². The second kappa shape index (κ2) is 5.51. The molecular weight excluding hydrogens is 236 g/mol. The number of hydrogen-bond donors (Lipinski definition) is 1. The molecule has 0 unspecified atom stereocenters. The molecule has 0 saturated heterocycles. The Morgan fingerprint density at radius 1 is 1.29 bits per heavy atom. The van der Waals surface area contributed by atoms with Crippen molar-refractivity contribution in [2.45, 2.75) is 32.1 Å². The van der Waals surface area contributed by atoms with Crippen LogP contribution >= 0.6 is 0 Å². The molecule has 4 nitrogen and oxygen atoms in total. The van der Waals surface area contributed by atoms with E-state index in [0.29, 0.717) is 23.7 Å². The highest BCUT2D eigenvalue weighted by atomic mass is 32.2. The van der Waals surface area contributed by atoms with E-state index in [1.165, 1.54) is 4.31 Å². The first kappa shape index (κ1) is 14.0. The summed E-state index contributed by atoms with van der Waals surface area (Å²) in [6, 6.07) is 4.83. The predicted octanol–water partition coefficient (Wildman–Crippen LogP) is 2.00. The first-order chi connectivity index (χ1) is 7.93. The number of nitrogen functional groups attached to an aromatic ring is 1. The molecule has 17 heavy (non-hydrogen) atoms. The third-order valence-corrected chi connectivity index (χ3v) is 4.68. The molecule has 0 radical (unpaired) electrons. The van der Waals surface area contributed by atoms with Gasteiger partial charge in [0, 0.05) is 18.8 Å². The molecule has 1 aromatic rings. The van der Waals surface area contributed by atoms with Gasteiger partial charge in [-0.15, -0.1) is 0 Å². The van der Waals surface area contributed by atoms with Crippen molar-refractivity contribution in [3.8, 4) is 0 Å². The van der Waals surface area contributed by atoms with Gasteiger partial charge in [-0.2, -0.15) is 4.31 Å². The van der Waals surface area contributed by atoms with E-state index in [0.717, 1.165) is 12.0 Å². The van der Waals surface area contributed by atoms with Gasteiger partial charge in [-0.1, -0.05) is 13.8 Å². The van der Waals surface area contributed by atoms with Gasteiger partial charge in [0.15, 0.2) is 0 Å². The van der Waals surface area contributed by atoms with Crippen LogP contribution < -0.4 is 5.73 Å². The van der Waals surface area contributed by atoms with E-state index in [9.17, 15) is 8.42 Å². The van der Waals surface area contributed by atoms with Crippen molar-refractivity contribution in [3.63, 3.8) is 0 Å². The fraction of sp³-hybridized carbons (Fsp3) is 0.500. The van der Waals surface area contributed by atoms with Crippen LogP contribution in [0.2, 0.25) is 0 Å². The van der Waals surface area contributed by atoms with E-state index in [1.807, 2.05) is 20.8 Å². The van der Waals surface area contributed by atoms with E-state index in [4.69, 9.17) is 5.73 Å². The lowest BCUT2D eigenvalue weighted by molar-refractivity contribution is 0.427. The zero-order chi connectivity index (χ0) is 13.1. The van der Waals surface area contributed by atoms with Gasteiger partial charge in [0.1, 0.15) is 0 Å². The molecule has 0 atom stereocenters. The Morgan fingerprint density at radius 3 is 2.41 bits per heavy atom. The molecule has 0 aliphatic carbocycles. The maximum Gasteiger partial charge on any atom is 0.243 e. The fourth-order valence-electron chi connectivity index (χ4n) is 1.66. The van der Waals surface area contributed by atoms with Gasteiger partial charge in [0.2, 0.25) is 10.0 Å². The minimum Gasteiger partial charge on any atom is -0.399 e. The molecule has 0 saturated carbocycles. The molecular formula is C12H20N2O2S. The number of benzene rings is 1. The number of rotatable bonds is 5. The summed E-state index contributed by atoms with van der Waals surface area (Å²) in [5, 5.41) is 0. The van der Waals surface area contributed by atoms with Gasteiger partial charge in [-0.3, -0.25) is 0 Å². The monoisotopic (exact) mass is 256 g/mol. The lowest BCUT2D eigenvalue weighted by Gasteiger charge is -2.20. The number of anilines is 1. The highest BCUT2D eigenvalue weighted by Crippen LogP contribution is 2.20. The van der Waals surface area contributed by atoms with Gasteiger partial charge in [-0.25, -0.2) is 8.42 Å². The van der Waals surface area contributed by atoms with Crippen molar-refractivity contribution < 1.29 is 8.42 Å². The Hall–Kier alpha value is -1.07. The van der Waals surface area contributed by atoms with Crippen LogP contribution in [0.1, 0.15) is 25.8 Å². The second-order valence-electron chi connectivity index (χ2n) is 4.02.